The van der Waals surface area contributed by atoms with E-state index in [0.29, 0.717) is 11.2 Å². The molecule has 1 saturated carbocycles. The van der Waals surface area contributed by atoms with Gasteiger partial charge in [0.2, 0.25) is 0 Å². The molecule has 2 rings (SSSR count). The van der Waals surface area contributed by atoms with Gasteiger partial charge in [0.05, 0.1) is 0 Å². The zero-order valence-electron chi connectivity index (χ0n) is 11.7. The summed E-state index contributed by atoms with van der Waals surface area (Å²) in [5, 5.41) is 4.06. The molecule has 1 heterocycles. The highest BCUT2D eigenvalue weighted by Gasteiger charge is 2.27. The fraction of sp³-hybridized carbons (Fsp3) is 0.846. The van der Waals surface area contributed by atoms with Gasteiger partial charge in [-0.3, -0.25) is 0 Å². The van der Waals surface area contributed by atoms with Gasteiger partial charge >= 0.3 is 0 Å². The molecule has 1 N–H and O–H groups in total. The SMILES string of the molecule is CNC1CCCCC1Oc1nc(C(C)(C)C)ns1. The topological polar surface area (TPSA) is 47.0 Å². The monoisotopic (exact) mass is 269 g/mol. The van der Waals surface area contributed by atoms with E-state index in [4.69, 9.17) is 4.74 Å². The lowest BCUT2D eigenvalue weighted by molar-refractivity contribution is 0.117. The van der Waals surface area contributed by atoms with Crippen LogP contribution in [0.15, 0.2) is 0 Å². The van der Waals surface area contributed by atoms with E-state index in [0.717, 1.165) is 12.2 Å². The first kappa shape index (κ1) is 13.7. The summed E-state index contributed by atoms with van der Waals surface area (Å²) in [6, 6.07) is 0.445. The molecule has 1 aromatic heterocycles. The maximum atomic E-state index is 6.02. The van der Waals surface area contributed by atoms with Crippen molar-refractivity contribution in [2.24, 2.45) is 0 Å². The summed E-state index contributed by atoms with van der Waals surface area (Å²) in [4.78, 5) is 4.50. The highest BCUT2D eigenvalue weighted by Crippen LogP contribution is 2.28. The van der Waals surface area contributed by atoms with E-state index in [-0.39, 0.29) is 11.5 Å². The van der Waals surface area contributed by atoms with Crippen molar-refractivity contribution >= 4 is 11.5 Å². The van der Waals surface area contributed by atoms with Gasteiger partial charge in [0.25, 0.3) is 5.19 Å². The van der Waals surface area contributed by atoms with Crippen LogP contribution in [0.4, 0.5) is 0 Å². The molecular formula is C13H23N3OS. The number of rotatable bonds is 3. The third-order valence-corrected chi connectivity index (χ3v) is 4.01. The first-order valence-electron chi connectivity index (χ1n) is 6.69. The lowest BCUT2D eigenvalue weighted by atomic mass is 9.93. The van der Waals surface area contributed by atoms with Gasteiger partial charge in [0, 0.05) is 23.0 Å². The molecule has 2 unspecified atom stereocenters. The molecule has 0 spiro atoms. The van der Waals surface area contributed by atoms with Crippen LogP contribution in [0.1, 0.15) is 52.3 Å². The Balaban J connectivity index is 2.02. The van der Waals surface area contributed by atoms with Crippen LogP contribution in [-0.4, -0.2) is 28.6 Å². The lowest BCUT2D eigenvalue weighted by Gasteiger charge is -2.30. The van der Waals surface area contributed by atoms with Gasteiger partial charge in [0.1, 0.15) is 6.10 Å². The summed E-state index contributed by atoms with van der Waals surface area (Å²) in [5.41, 5.74) is -0.00686. The Labute approximate surface area is 113 Å². The van der Waals surface area contributed by atoms with E-state index in [1.165, 1.54) is 30.8 Å². The number of hydrogen-bond acceptors (Lipinski definition) is 5. The Kier molecular flexibility index (Phi) is 4.22. The van der Waals surface area contributed by atoms with E-state index in [1.807, 2.05) is 7.05 Å². The molecule has 1 fully saturated rings. The second-order valence-corrected chi connectivity index (χ2v) is 6.68. The molecule has 2 atom stereocenters. The minimum absolute atomic E-state index is 0.00686. The number of hydrogen-bond donors (Lipinski definition) is 1. The molecule has 5 heteroatoms. The maximum absolute atomic E-state index is 6.02. The highest BCUT2D eigenvalue weighted by atomic mass is 32.1. The largest absolute Gasteiger partial charge is 0.464 e. The smallest absolute Gasteiger partial charge is 0.293 e. The predicted octanol–water partition coefficient (Wildman–Crippen LogP) is 2.75. The molecule has 18 heavy (non-hydrogen) atoms. The molecular weight excluding hydrogens is 246 g/mol. The quantitative estimate of drug-likeness (QED) is 0.916. The van der Waals surface area contributed by atoms with Crippen LogP contribution in [0.3, 0.4) is 0 Å². The van der Waals surface area contributed by atoms with Crippen LogP contribution in [0, 0.1) is 0 Å². The molecule has 0 amide bonds. The number of nitrogens with one attached hydrogen (secondary N) is 1. The second-order valence-electron chi connectivity index (χ2n) is 5.97. The van der Waals surface area contributed by atoms with Crippen molar-refractivity contribution < 1.29 is 4.74 Å². The van der Waals surface area contributed by atoms with E-state index < -0.39 is 0 Å². The predicted molar refractivity (Wildman–Crippen MR) is 74.3 cm³/mol. The van der Waals surface area contributed by atoms with Crippen molar-refractivity contribution in [3.63, 3.8) is 0 Å². The van der Waals surface area contributed by atoms with Gasteiger partial charge in [-0.25, -0.2) is 0 Å². The van der Waals surface area contributed by atoms with Crippen molar-refractivity contribution in [3.8, 4) is 5.19 Å². The highest BCUT2D eigenvalue weighted by molar-refractivity contribution is 7.07. The van der Waals surface area contributed by atoms with Crippen LogP contribution in [0.25, 0.3) is 0 Å². The summed E-state index contributed by atoms with van der Waals surface area (Å²) in [6.07, 6.45) is 5.06. The summed E-state index contributed by atoms with van der Waals surface area (Å²) < 4.78 is 10.4. The fourth-order valence-electron chi connectivity index (χ4n) is 2.26. The molecule has 0 aromatic carbocycles. The number of nitrogens with zero attached hydrogens (tertiary/aromatic N) is 2. The van der Waals surface area contributed by atoms with Gasteiger partial charge < -0.3 is 10.1 Å². The third-order valence-electron chi connectivity index (χ3n) is 3.40. The minimum atomic E-state index is -0.00686. The minimum Gasteiger partial charge on any atom is -0.464 e. The van der Waals surface area contributed by atoms with Gasteiger partial charge in [0.15, 0.2) is 5.82 Å². The van der Waals surface area contributed by atoms with E-state index in [1.54, 1.807) is 0 Å². The van der Waals surface area contributed by atoms with Crippen molar-refractivity contribution in [1.29, 1.82) is 0 Å². The zero-order valence-corrected chi connectivity index (χ0v) is 12.5. The summed E-state index contributed by atoms with van der Waals surface area (Å²) in [5.74, 6) is 0.874. The Morgan fingerprint density at radius 2 is 2.00 bits per heavy atom. The second kappa shape index (κ2) is 5.53. The first-order chi connectivity index (χ1) is 8.50. The fourth-order valence-corrected chi connectivity index (χ4v) is 3.03. The Morgan fingerprint density at radius 1 is 1.28 bits per heavy atom. The standard InChI is InChI=1S/C13H23N3OS/c1-13(2,3)11-15-12(18-16-11)17-10-8-6-5-7-9(10)14-4/h9-10,14H,5-8H2,1-4H3. The number of aromatic nitrogens is 2. The van der Waals surface area contributed by atoms with Crippen LogP contribution < -0.4 is 10.1 Å². The average Bonchev–Trinajstić information content (AvgIpc) is 2.78. The summed E-state index contributed by atoms with van der Waals surface area (Å²) >= 11 is 1.37. The maximum Gasteiger partial charge on any atom is 0.293 e. The van der Waals surface area contributed by atoms with Crippen LogP contribution in [0.2, 0.25) is 0 Å². The van der Waals surface area contributed by atoms with Crippen molar-refractivity contribution in [2.75, 3.05) is 7.05 Å². The number of likely N-dealkylation sites (N-methyl/N-ethyl adjacent to an activating group) is 1. The Morgan fingerprint density at radius 3 is 2.61 bits per heavy atom. The average molecular weight is 269 g/mol. The molecule has 102 valence electrons. The molecule has 1 aromatic rings. The third kappa shape index (κ3) is 3.20. The van der Waals surface area contributed by atoms with Crippen molar-refractivity contribution in [1.82, 2.24) is 14.7 Å². The molecule has 0 bridgehead atoms. The Bertz CT molecular complexity index is 386. The van der Waals surface area contributed by atoms with Crippen molar-refractivity contribution in [3.05, 3.63) is 5.82 Å². The number of ether oxygens (including phenoxy) is 1. The Hall–Kier alpha value is -0.680. The lowest BCUT2D eigenvalue weighted by Crippen LogP contribution is -2.43. The summed E-state index contributed by atoms with van der Waals surface area (Å²) in [6.45, 7) is 6.36. The molecule has 0 radical (unpaired) electrons. The molecule has 0 saturated heterocycles. The van der Waals surface area contributed by atoms with Gasteiger partial charge in [-0.1, -0.05) is 27.2 Å². The molecule has 1 aliphatic rings. The van der Waals surface area contributed by atoms with E-state index in [9.17, 15) is 0 Å². The van der Waals surface area contributed by atoms with E-state index >= 15 is 0 Å². The van der Waals surface area contributed by atoms with Crippen molar-refractivity contribution in [2.45, 2.75) is 64.0 Å². The van der Waals surface area contributed by atoms with E-state index in [2.05, 4.69) is 35.4 Å². The molecule has 4 nitrogen and oxygen atoms in total. The summed E-state index contributed by atoms with van der Waals surface area (Å²) in [7, 11) is 2.01. The molecule has 1 aliphatic carbocycles. The zero-order chi connectivity index (χ0) is 13.2. The molecule has 0 aliphatic heterocycles. The van der Waals surface area contributed by atoms with Gasteiger partial charge in [-0.15, -0.1) is 0 Å². The first-order valence-corrected chi connectivity index (χ1v) is 7.46. The van der Waals surface area contributed by atoms with Gasteiger partial charge in [-0.05, 0) is 26.3 Å². The van der Waals surface area contributed by atoms with Crippen LogP contribution >= 0.6 is 11.5 Å². The van der Waals surface area contributed by atoms with Gasteiger partial charge in [-0.2, -0.15) is 9.36 Å². The van der Waals surface area contributed by atoms with Crippen LogP contribution in [-0.2, 0) is 5.41 Å². The normalized spacial score (nSPS) is 25.1. The van der Waals surface area contributed by atoms with Crippen LogP contribution in [0.5, 0.6) is 5.19 Å².